The number of aryl methyl sites for hydroxylation is 2. The first-order valence-corrected chi connectivity index (χ1v) is 12.7. The minimum Gasteiger partial charge on any atom is -0.338 e. The van der Waals surface area contributed by atoms with Crippen LogP contribution in [0.3, 0.4) is 0 Å². The lowest BCUT2D eigenvalue weighted by molar-refractivity contribution is -0.147. The Hall–Kier alpha value is -2.52. The number of likely N-dealkylation sites (tertiary alicyclic amines) is 1. The highest BCUT2D eigenvalue weighted by atomic mass is 32.2. The van der Waals surface area contributed by atoms with E-state index < -0.39 is 10.0 Å². The maximum atomic E-state index is 13.1. The van der Waals surface area contributed by atoms with Gasteiger partial charge in [0.2, 0.25) is 27.7 Å². The molecule has 1 aromatic rings. The third-order valence-corrected chi connectivity index (χ3v) is 9.09. The number of rotatable bonds is 4. The van der Waals surface area contributed by atoms with Gasteiger partial charge in [-0.2, -0.15) is 4.31 Å². The lowest BCUT2D eigenvalue weighted by Gasteiger charge is -2.34. The van der Waals surface area contributed by atoms with E-state index in [-0.39, 0.29) is 62.3 Å². The highest BCUT2D eigenvalue weighted by Crippen LogP contribution is 2.35. The van der Waals surface area contributed by atoms with Crippen molar-refractivity contribution in [3.05, 3.63) is 41.5 Å². The van der Waals surface area contributed by atoms with E-state index in [2.05, 4.69) is 0 Å². The molecule has 170 valence electrons. The second-order valence-electron chi connectivity index (χ2n) is 8.99. The third-order valence-electron chi connectivity index (χ3n) is 7.19. The van der Waals surface area contributed by atoms with Crippen LogP contribution < -0.4 is 0 Å². The molecule has 0 unspecified atom stereocenters. The number of imide groups is 1. The van der Waals surface area contributed by atoms with Crippen molar-refractivity contribution in [2.24, 2.45) is 11.8 Å². The predicted octanol–water partition coefficient (Wildman–Crippen LogP) is 0.959. The summed E-state index contributed by atoms with van der Waals surface area (Å²) < 4.78 is 27.6. The van der Waals surface area contributed by atoms with E-state index in [0.717, 1.165) is 29.7 Å². The zero-order valence-electron chi connectivity index (χ0n) is 17.9. The monoisotopic (exact) mass is 457 g/mol. The Balaban J connectivity index is 1.21. The largest absolute Gasteiger partial charge is 0.338 e. The molecule has 2 fully saturated rings. The second kappa shape index (κ2) is 8.12. The first-order valence-electron chi connectivity index (χ1n) is 11.3. The van der Waals surface area contributed by atoms with E-state index in [9.17, 15) is 22.8 Å². The molecule has 0 spiro atoms. The van der Waals surface area contributed by atoms with Gasteiger partial charge in [-0.3, -0.25) is 19.3 Å². The molecular weight excluding hydrogens is 430 g/mol. The number of nitrogens with zero attached hydrogens (tertiary/aromatic N) is 3. The molecule has 2 heterocycles. The molecule has 2 saturated heterocycles. The average molecular weight is 458 g/mol. The molecule has 1 aromatic carbocycles. The number of benzene rings is 1. The molecule has 0 N–H and O–H groups in total. The number of amides is 3. The lowest BCUT2D eigenvalue weighted by atomic mass is 9.85. The predicted molar refractivity (Wildman–Crippen MR) is 116 cm³/mol. The summed E-state index contributed by atoms with van der Waals surface area (Å²) in [5, 5.41) is 0. The molecule has 0 saturated carbocycles. The van der Waals surface area contributed by atoms with Gasteiger partial charge in [-0.15, -0.1) is 0 Å². The van der Waals surface area contributed by atoms with E-state index in [1.165, 1.54) is 9.87 Å². The van der Waals surface area contributed by atoms with E-state index in [1.807, 2.05) is 18.2 Å². The van der Waals surface area contributed by atoms with Crippen LogP contribution in [0.5, 0.6) is 0 Å². The smallest absolute Gasteiger partial charge is 0.243 e. The van der Waals surface area contributed by atoms with Crippen molar-refractivity contribution in [3.8, 4) is 0 Å². The van der Waals surface area contributed by atoms with Crippen molar-refractivity contribution < 1.29 is 22.8 Å². The Labute approximate surface area is 187 Å². The zero-order valence-corrected chi connectivity index (χ0v) is 18.7. The molecule has 32 heavy (non-hydrogen) atoms. The van der Waals surface area contributed by atoms with Crippen molar-refractivity contribution in [1.29, 1.82) is 0 Å². The molecule has 2 aliphatic carbocycles. The second-order valence-corrected chi connectivity index (χ2v) is 10.9. The van der Waals surface area contributed by atoms with Crippen LogP contribution in [0, 0.1) is 11.8 Å². The first-order chi connectivity index (χ1) is 15.4. The average Bonchev–Trinajstić information content (AvgIpc) is 3.38. The summed E-state index contributed by atoms with van der Waals surface area (Å²) in [4.78, 5) is 41.0. The highest BCUT2D eigenvalue weighted by molar-refractivity contribution is 7.89. The topological polar surface area (TPSA) is 95.1 Å². The summed E-state index contributed by atoms with van der Waals surface area (Å²) in [5.74, 6) is -1.55. The van der Waals surface area contributed by atoms with Crippen molar-refractivity contribution in [2.75, 3.05) is 32.7 Å². The Bertz CT molecular complexity index is 1080. The Morgan fingerprint density at radius 2 is 1.53 bits per heavy atom. The maximum absolute atomic E-state index is 13.1. The minimum atomic E-state index is -3.62. The van der Waals surface area contributed by atoms with Gasteiger partial charge >= 0.3 is 0 Å². The standard InChI is InChI=1S/C23H27N3O5S/c27-21(15-26-22(28)19-6-1-2-7-20(19)23(26)29)24-10-12-25(13-11-24)32(30,31)18-9-8-16-4-3-5-17(16)14-18/h1-2,8-9,14,19-20H,3-7,10-13,15H2/t19-,20-/m0/s1. The number of sulfonamides is 1. The third kappa shape index (κ3) is 3.57. The SMILES string of the molecule is O=C(CN1C(=O)[C@H]2CC=CC[C@@H]2C1=O)N1CCN(S(=O)(=O)c2ccc3c(c2)CCC3)CC1. The van der Waals surface area contributed by atoms with Crippen LogP contribution in [0.2, 0.25) is 0 Å². The molecule has 9 heteroatoms. The fourth-order valence-electron chi connectivity index (χ4n) is 5.30. The maximum Gasteiger partial charge on any atom is 0.243 e. The van der Waals surface area contributed by atoms with Crippen LogP contribution in [-0.2, 0) is 37.2 Å². The number of hydrogen-bond acceptors (Lipinski definition) is 5. The van der Waals surface area contributed by atoms with Gasteiger partial charge in [0.1, 0.15) is 6.54 Å². The van der Waals surface area contributed by atoms with Gasteiger partial charge in [-0.05, 0) is 55.4 Å². The molecule has 2 aliphatic heterocycles. The molecule has 4 aliphatic rings. The van der Waals surface area contributed by atoms with Crippen LogP contribution in [0.15, 0.2) is 35.2 Å². The summed E-state index contributed by atoms with van der Waals surface area (Å²) in [6, 6.07) is 5.37. The number of carbonyl (C=O) groups is 3. The van der Waals surface area contributed by atoms with E-state index in [1.54, 1.807) is 17.0 Å². The Morgan fingerprint density at radius 3 is 2.19 bits per heavy atom. The van der Waals surface area contributed by atoms with Gasteiger partial charge < -0.3 is 4.90 Å². The fraction of sp³-hybridized carbons (Fsp3) is 0.522. The first kappa shape index (κ1) is 21.3. The normalized spacial score (nSPS) is 25.9. The highest BCUT2D eigenvalue weighted by Gasteiger charge is 2.48. The van der Waals surface area contributed by atoms with Crippen molar-refractivity contribution in [3.63, 3.8) is 0 Å². The number of carbonyl (C=O) groups excluding carboxylic acids is 3. The quantitative estimate of drug-likeness (QED) is 0.496. The Morgan fingerprint density at radius 1 is 0.906 bits per heavy atom. The zero-order chi connectivity index (χ0) is 22.5. The molecule has 8 nitrogen and oxygen atoms in total. The van der Waals surface area contributed by atoms with Crippen molar-refractivity contribution >= 4 is 27.7 Å². The number of fused-ring (bicyclic) bond motifs is 2. The fourth-order valence-corrected chi connectivity index (χ4v) is 6.77. The molecule has 5 rings (SSSR count). The van der Waals surface area contributed by atoms with E-state index in [0.29, 0.717) is 17.7 Å². The minimum absolute atomic E-state index is 0.197. The molecular formula is C23H27N3O5S. The van der Waals surface area contributed by atoms with Crippen LogP contribution in [0.4, 0.5) is 0 Å². The van der Waals surface area contributed by atoms with Crippen LogP contribution in [-0.4, -0.2) is 73.0 Å². The molecule has 0 aromatic heterocycles. The van der Waals surface area contributed by atoms with Gasteiger partial charge in [0.25, 0.3) is 0 Å². The Kier molecular flexibility index (Phi) is 5.41. The molecule has 2 atom stereocenters. The number of allylic oxidation sites excluding steroid dienone is 2. The van der Waals surface area contributed by atoms with Gasteiger partial charge in [-0.1, -0.05) is 18.2 Å². The number of piperazine rings is 1. The van der Waals surface area contributed by atoms with Crippen LogP contribution in [0.1, 0.15) is 30.4 Å². The van der Waals surface area contributed by atoms with E-state index in [4.69, 9.17) is 0 Å². The van der Waals surface area contributed by atoms with Gasteiger partial charge in [0, 0.05) is 26.2 Å². The molecule has 0 radical (unpaired) electrons. The summed E-state index contributed by atoms with van der Waals surface area (Å²) in [5.41, 5.74) is 2.33. The van der Waals surface area contributed by atoms with Gasteiger partial charge in [0.15, 0.2) is 0 Å². The summed E-state index contributed by atoms with van der Waals surface area (Å²) >= 11 is 0. The van der Waals surface area contributed by atoms with E-state index >= 15 is 0 Å². The summed E-state index contributed by atoms with van der Waals surface area (Å²) in [7, 11) is -3.62. The van der Waals surface area contributed by atoms with Crippen molar-refractivity contribution in [1.82, 2.24) is 14.1 Å². The lowest BCUT2D eigenvalue weighted by Crippen LogP contribution is -2.53. The molecule has 3 amide bonds. The number of hydrogen-bond donors (Lipinski definition) is 0. The van der Waals surface area contributed by atoms with Gasteiger partial charge in [0.05, 0.1) is 16.7 Å². The van der Waals surface area contributed by atoms with Crippen molar-refractivity contribution in [2.45, 2.75) is 37.0 Å². The van der Waals surface area contributed by atoms with Gasteiger partial charge in [-0.25, -0.2) is 8.42 Å². The van der Waals surface area contributed by atoms with Crippen LogP contribution >= 0.6 is 0 Å². The van der Waals surface area contributed by atoms with Crippen LogP contribution in [0.25, 0.3) is 0 Å². The molecule has 0 bridgehead atoms. The summed E-state index contributed by atoms with van der Waals surface area (Å²) in [6.45, 7) is 0.619. The summed E-state index contributed by atoms with van der Waals surface area (Å²) in [6.07, 6.45) is 7.87.